The van der Waals surface area contributed by atoms with Crippen LogP contribution in [0.5, 0.6) is 0 Å². The van der Waals surface area contributed by atoms with Gasteiger partial charge in [0.2, 0.25) is 11.8 Å². The number of carbonyl (C=O) groups is 4. The number of aliphatic carboxylic acids is 2. The number of nitrogens with one attached hydrogen (secondary N) is 2. The number of hydrogen-bond donors (Lipinski definition) is 5. The Bertz CT molecular complexity index is 439. The van der Waals surface area contributed by atoms with Gasteiger partial charge in [-0.1, -0.05) is 20.3 Å². The lowest BCUT2D eigenvalue weighted by atomic mass is 9.99. The fourth-order valence-electron chi connectivity index (χ4n) is 1.56. The van der Waals surface area contributed by atoms with E-state index in [0.717, 1.165) is 0 Å². The standard InChI is InChI=1S/C13H23N3O6/c1-4-6(2)10(14)12(20)15-7(3)11(19)16-8(13(21)22)5-9(17)18/h6-8,10H,4-5,14H2,1-3H3,(H,15,20)(H,16,19)(H,17,18)(H,21,22). The lowest BCUT2D eigenvalue weighted by Gasteiger charge is -2.21. The van der Waals surface area contributed by atoms with Gasteiger partial charge in [0.05, 0.1) is 12.5 Å². The van der Waals surface area contributed by atoms with Crippen molar-refractivity contribution in [2.24, 2.45) is 11.7 Å². The zero-order chi connectivity index (χ0) is 17.4. The summed E-state index contributed by atoms with van der Waals surface area (Å²) in [5.41, 5.74) is 5.72. The van der Waals surface area contributed by atoms with Crippen LogP contribution in [0.25, 0.3) is 0 Å². The molecule has 0 aromatic carbocycles. The van der Waals surface area contributed by atoms with Gasteiger partial charge in [0.1, 0.15) is 12.1 Å². The predicted octanol–water partition coefficient (Wildman–Crippen LogP) is -1.09. The smallest absolute Gasteiger partial charge is 0.326 e. The molecule has 0 bridgehead atoms. The lowest BCUT2D eigenvalue weighted by molar-refractivity contribution is -0.147. The molecule has 0 saturated carbocycles. The van der Waals surface area contributed by atoms with E-state index in [1.54, 1.807) is 6.92 Å². The average Bonchev–Trinajstić information content (AvgIpc) is 2.43. The monoisotopic (exact) mass is 317 g/mol. The van der Waals surface area contributed by atoms with Crippen LogP contribution in [0.15, 0.2) is 0 Å². The largest absolute Gasteiger partial charge is 0.481 e. The Morgan fingerprint density at radius 3 is 2.00 bits per heavy atom. The van der Waals surface area contributed by atoms with Gasteiger partial charge in [0.25, 0.3) is 0 Å². The number of carboxylic acids is 2. The molecule has 4 unspecified atom stereocenters. The van der Waals surface area contributed by atoms with E-state index in [-0.39, 0.29) is 5.92 Å². The first kappa shape index (κ1) is 19.8. The molecule has 0 aromatic rings. The van der Waals surface area contributed by atoms with Gasteiger partial charge in [-0.05, 0) is 12.8 Å². The third-order valence-electron chi connectivity index (χ3n) is 3.31. The molecule has 4 atom stereocenters. The molecule has 0 radical (unpaired) electrons. The van der Waals surface area contributed by atoms with E-state index >= 15 is 0 Å². The van der Waals surface area contributed by atoms with E-state index in [0.29, 0.717) is 6.42 Å². The second-order valence-corrected chi connectivity index (χ2v) is 5.14. The molecule has 9 nitrogen and oxygen atoms in total. The summed E-state index contributed by atoms with van der Waals surface area (Å²) in [6, 6.07) is -3.37. The molecule has 0 spiro atoms. The van der Waals surface area contributed by atoms with E-state index in [1.165, 1.54) is 6.92 Å². The highest BCUT2D eigenvalue weighted by Crippen LogP contribution is 2.05. The quantitative estimate of drug-likeness (QED) is 0.361. The molecule has 9 heteroatoms. The van der Waals surface area contributed by atoms with Crippen molar-refractivity contribution in [1.29, 1.82) is 0 Å². The molecule has 2 amide bonds. The van der Waals surface area contributed by atoms with Crippen LogP contribution in [-0.2, 0) is 19.2 Å². The van der Waals surface area contributed by atoms with Crippen molar-refractivity contribution in [2.45, 2.75) is 51.7 Å². The van der Waals surface area contributed by atoms with E-state index < -0.39 is 48.3 Å². The fraction of sp³-hybridized carbons (Fsp3) is 0.692. The Morgan fingerprint density at radius 1 is 1.05 bits per heavy atom. The highest BCUT2D eigenvalue weighted by atomic mass is 16.4. The molecule has 0 fully saturated rings. The second kappa shape index (κ2) is 8.98. The van der Waals surface area contributed by atoms with Crippen molar-refractivity contribution in [3.05, 3.63) is 0 Å². The van der Waals surface area contributed by atoms with E-state index in [1.807, 2.05) is 6.92 Å². The van der Waals surface area contributed by atoms with Crippen molar-refractivity contribution in [3.63, 3.8) is 0 Å². The van der Waals surface area contributed by atoms with Crippen molar-refractivity contribution in [1.82, 2.24) is 10.6 Å². The molecule has 0 rings (SSSR count). The highest BCUT2D eigenvalue weighted by molar-refractivity contribution is 5.92. The summed E-state index contributed by atoms with van der Waals surface area (Å²) < 4.78 is 0. The zero-order valence-corrected chi connectivity index (χ0v) is 12.8. The second-order valence-electron chi connectivity index (χ2n) is 5.14. The first-order valence-electron chi connectivity index (χ1n) is 6.91. The number of rotatable bonds is 9. The molecule has 22 heavy (non-hydrogen) atoms. The van der Waals surface area contributed by atoms with Gasteiger partial charge in [-0.3, -0.25) is 14.4 Å². The first-order chi connectivity index (χ1) is 10.1. The van der Waals surface area contributed by atoms with Crippen molar-refractivity contribution >= 4 is 23.8 Å². The van der Waals surface area contributed by atoms with Gasteiger partial charge >= 0.3 is 11.9 Å². The number of nitrogens with two attached hydrogens (primary N) is 1. The molecule has 0 aromatic heterocycles. The Hall–Kier alpha value is -2.16. The van der Waals surface area contributed by atoms with Crippen LogP contribution in [0.3, 0.4) is 0 Å². The summed E-state index contributed by atoms with van der Waals surface area (Å²) >= 11 is 0. The summed E-state index contributed by atoms with van der Waals surface area (Å²) in [5.74, 6) is -4.22. The lowest BCUT2D eigenvalue weighted by Crippen LogP contribution is -2.54. The van der Waals surface area contributed by atoms with Gasteiger partial charge in [-0.15, -0.1) is 0 Å². The van der Waals surface area contributed by atoms with Crippen molar-refractivity contribution < 1.29 is 29.4 Å². The summed E-state index contributed by atoms with van der Waals surface area (Å²) in [6.07, 6.45) is -0.0665. The van der Waals surface area contributed by atoms with Gasteiger partial charge < -0.3 is 26.6 Å². The Balaban J connectivity index is 4.62. The first-order valence-corrected chi connectivity index (χ1v) is 6.91. The maximum Gasteiger partial charge on any atom is 0.326 e. The SMILES string of the molecule is CCC(C)C(N)C(=O)NC(C)C(=O)NC(CC(=O)O)C(=O)O. The maximum absolute atomic E-state index is 11.8. The molecule has 0 aliphatic carbocycles. The van der Waals surface area contributed by atoms with Crippen LogP contribution in [0.1, 0.15) is 33.6 Å². The van der Waals surface area contributed by atoms with Gasteiger partial charge in [0.15, 0.2) is 0 Å². The summed E-state index contributed by atoms with van der Waals surface area (Å²) in [4.78, 5) is 45.0. The van der Waals surface area contributed by atoms with Gasteiger partial charge in [0, 0.05) is 0 Å². The number of hydrogen-bond acceptors (Lipinski definition) is 5. The third kappa shape index (κ3) is 6.53. The minimum absolute atomic E-state index is 0.0750. The minimum Gasteiger partial charge on any atom is -0.481 e. The molecule has 6 N–H and O–H groups in total. The number of amides is 2. The summed E-state index contributed by atoms with van der Waals surface area (Å²) in [6.45, 7) is 5.02. The normalized spacial score (nSPS) is 16.0. The van der Waals surface area contributed by atoms with Gasteiger partial charge in [-0.2, -0.15) is 0 Å². The third-order valence-corrected chi connectivity index (χ3v) is 3.31. The Labute approximate surface area is 128 Å². The van der Waals surface area contributed by atoms with Crippen LogP contribution in [0.4, 0.5) is 0 Å². The van der Waals surface area contributed by atoms with E-state index in [2.05, 4.69) is 10.6 Å². The minimum atomic E-state index is -1.56. The van der Waals surface area contributed by atoms with E-state index in [4.69, 9.17) is 15.9 Å². The number of carboxylic acid groups (broad SMARTS) is 2. The molecular formula is C13H23N3O6. The number of carbonyl (C=O) groups excluding carboxylic acids is 2. The average molecular weight is 317 g/mol. The fourth-order valence-corrected chi connectivity index (χ4v) is 1.56. The molecule has 0 aliphatic heterocycles. The Morgan fingerprint density at radius 2 is 1.59 bits per heavy atom. The van der Waals surface area contributed by atoms with Crippen LogP contribution in [0.2, 0.25) is 0 Å². The Kier molecular flexibility index (Phi) is 8.10. The van der Waals surface area contributed by atoms with Crippen molar-refractivity contribution in [3.8, 4) is 0 Å². The van der Waals surface area contributed by atoms with Crippen LogP contribution >= 0.6 is 0 Å². The summed E-state index contributed by atoms with van der Waals surface area (Å²) in [7, 11) is 0. The predicted molar refractivity (Wildman–Crippen MR) is 76.9 cm³/mol. The summed E-state index contributed by atoms with van der Waals surface area (Å²) in [5, 5.41) is 21.9. The zero-order valence-electron chi connectivity index (χ0n) is 12.8. The maximum atomic E-state index is 11.8. The van der Waals surface area contributed by atoms with Crippen LogP contribution < -0.4 is 16.4 Å². The molecule has 126 valence electrons. The topological polar surface area (TPSA) is 159 Å². The van der Waals surface area contributed by atoms with E-state index in [9.17, 15) is 19.2 Å². The molecule has 0 saturated heterocycles. The highest BCUT2D eigenvalue weighted by Gasteiger charge is 2.27. The molecule has 0 aliphatic rings. The van der Waals surface area contributed by atoms with Crippen LogP contribution in [0, 0.1) is 5.92 Å². The van der Waals surface area contributed by atoms with Gasteiger partial charge in [-0.25, -0.2) is 4.79 Å². The van der Waals surface area contributed by atoms with Crippen LogP contribution in [-0.4, -0.2) is 52.1 Å². The molecular weight excluding hydrogens is 294 g/mol. The molecule has 0 heterocycles. The van der Waals surface area contributed by atoms with Crippen molar-refractivity contribution in [2.75, 3.05) is 0 Å².